The van der Waals surface area contributed by atoms with Crippen LogP contribution >= 0.6 is 0 Å². The molecule has 0 fully saturated rings. The van der Waals surface area contributed by atoms with E-state index < -0.39 is 28.7 Å². The summed E-state index contributed by atoms with van der Waals surface area (Å²) in [6, 6.07) is 1.11. The lowest BCUT2D eigenvalue weighted by Gasteiger charge is -2.09. The molecule has 0 amide bonds. The van der Waals surface area contributed by atoms with E-state index in [9.17, 15) is 27.2 Å². The summed E-state index contributed by atoms with van der Waals surface area (Å²) in [5.41, 5.74) is -2.80. The Balaban J connectivity index is 3.50. The zero-order valence-corrected chi connectivity index (χ0v) is 7.14. The van der Waals surface area contributed by atoms with Crippen LogP contribution in [0.5, 0.6) is 0 Å². The standard InChI is InChI=1S/C9H4F4O2/c10-8-6(4-15)1-5(3-14)2-7(8)9(11,12)13/h1-4H. The quantitative estimate of drug-likeness (QED) is 0.566. The van der Waals surface area contributed by atoms with E-state index in [-0.39, 0.29) is 12.6 Å². The molecule has 0 heterocycles. The molecule has 0 saturated carbocycles. The van der Waals surface area contributed by atoms with Crippen LogP contribution in [0.25, 0.3) is 0 Å². The van der Waals surface area contributed by atoms with Crippen molar-refractivity contribution in [3.05, 3.63) is 34.6 Å². The monoisotopic (exact) mass is 220 g/mol. The number of carbonyl (C=O) groups excluding carboxylic acids is 2. The van der Waals surface area contributed by atoms with Crippen molar-refractivity contribution in [3.63, 3.8) is 0 Å². The maximum absolute atomic E-state index is 13.0. The van der Waals surface area contributed by atoms with Crippen LogP contribution in [0, 0.1) is 5.82 Å². The Hall–Kier alpha value is -1.72. The largest absolute Gasteiger partial charge is 0.419 e. The average Bonchev–Trinajstić information content (AvgIpc) is 2.16. The minimum atomic E-state index is -4.93. The van der Waals surface area contributed by atoms with Crippen molar-refractivity contribution in [1.82, 2.24) is 0 Å². The molecular formula is C9H4F4O2. The SMILES string of the molecule is O=Cc1cc(C=O)c(F)c(C(F)(F)F)c1. The van der Waals surface area contributed by atoms with Crippen LogP contribution in [-0.2, 0) is 6.18 Å². The van der Waals surface area contributed by atoms with Gasteiger partial charge in [0.25, 0.3) is 0 Å². The van der Waals surface area contributed by atoms with E-state index in [0.29, 0.717) is 6.07 Å². The third-order valence-corrected chi connectivity index (χ3v) is 1.69. The first-order valence-corrected chi connectivity index (χ1v) is 3.71. The lowest BCUT2D eigenvalue weighted by atomic mass is 10.1. The van der Waals surface area contributed by atoms with Gasteiger partial charge in [-0.15, -0.1) is 0 Å². The number of aldehydes is 2. The Morgan fingerprint density at radius 3 is 2.07 bits per heavy atom. The first-order valence-electron chi connectivity index (χ1n) is 3.71. The smallest absolute Gasteiger partial charge is 0.298 e. The van der Waals surface area contributed by atoms with Crippen molar-refractivity contribution in [2.45, 2.75) is 6.18 Å². The van der Waals surface area contributed by atoms with Crippen LogP contribution in [0.3, 0.4) is 0 Å². The molecule has 0 atom stereocenters. The second-order valence-electron chi connectivity index (χ2n) is 2.71. The summed E-state index contributed by atoms with van der Waals surface area (Å²) < 4.78 is 49.6. The minimum absolute atomic E-state index is 0.0719. The molecule has 15 heavy (non-hydrogen) atoms. The second-order valence-corrected chi connectivity index (χ2v) is 2.71. The van der Waals surface area contributed by atoms with Crippen molar-refractivity contribution in [2.75, 3.05) is 0 Å². The van der Waals surface area contributed by atoms with Gasteiger partial charge in [0.05, 0.1) is 11.1 Å². The van der Waals surface area contributed by atoms with Crippen molar-refractivity contribution in [3.8, 4) is 0 Å². The van der Waals surface area contributed by atoms with Gasteiger partial charge in [0, 0.05) is 5.56 Å². The zero-order chi connectivity index (χ0) is 11.6. The summed E-state index contributed by atoms with van der Waals surface area (Å²) in [6.07, 6.45) is -4.89. The van der Waals surface area contributed by atoms with E-state index >= 15 is 0 Å². The fourth-order valence-corrected chi connectivity index (χ4v) is 1.03. The minimum Gasteiger partial charge on any atom is -0.298 e. The Bertz CT molecular complexity index is 409. The average molecular weight is 220 g/mol. The van der Waals surface area contributed by atoms with E-state index in [1.165, 1.54) is 0 Å². The van der Waals surface area contributed by atoms with Crippen molar-refractivity contribution < 1.29 is 27.2 Å². The number of benzene rings is 1. The van der Waals surface area contributed by atoms with Gasteiger partial charge in [0.1, 0.15) is 12.1 Å². The van der Waals surface area contributed by atoms with E-state index in [0.717, 1.165) is 6.07 Å². The van der Waals surface area contributed by atoms with E-state index in [1.807, 2.05) is 0 Å². The molecule has 0 aliphatic heterocycles. The summed E-state index contributed by atoms with van der Waals surface area (Å²) in [6.45, 7) is 0. The lowest BCUT2D eigenvalue weighted by molar-refractivity contribution is -0.140. The summed E-state index contributed by atoms with van der Waals surface area (Å²) in [4.78, 5) is 20.5. The fourth-order valence-electron chi connectivity index (χ4n) is 1.03. The molecule has 0 radical (unpaired) electrons. The molecule has 0 bridgehead atoms. The molecule has 6 heteroatoms. The summed E-state index contributed by atoms with van der Waals surface area (Å²) in [7, 11) is 0. The van der Waals surface area contributed by atoms with Gasteiger partial charge in [-0.25, -0.2) is 4.39 Å². The third-order valence-electron chi connectivity index (χ3n) is 1.69. The van der Waals surface area contributed by atoms with Crippen LogP contribution in [0.4, 0.5) is 17.6 Å². The Morgan fingerprint density at radius 1 is 1.07 bits per heavy atom. The molecule has 0 saturated heterocycles. The second kappa shape index (κ2) is 3.80. The molecule has 1 aromatic carbocycles. The highest BCUT2D eigenvalue weighted by Gasteiger charge is 2.35. The summed E-state index contributed by atoms with van der Waals surface area (Å²) in [5, 5.41) is 0. The molecule has 0 aliphatic rings. The van der Waals surface area contributed by atoms with Gasteiger partial charge in [-0.3, -0.25) is 9.59 Å². The first kappa shape index (κ1) is 11.4. The van der Waals surface area contributed by atoms with Gasteiger partial charge in [-0.1, -0.05) is 0 Å². The summed E-state index contributed by atoms with van der Waals surface area (Å²) >= 11 is 0. The van der Waals surface area contributed by atoms with Gasteiger partial charge >= 0.3 is 6.18 Å². The van der Waals surface area contributed by atoms with Gasteiger partial charge in [-0.2, -0.15) is 13.2 Å². The number of hydrogen-bond donors (Lipinski definition) is 0. The molecule has 1 aromatic rings. The lowest BCUT2D eigenvalue weighted by Crippen LogP contribution is -2.11. The predicted molar refractivity (Wildman–Crippen MR) is 42.2 cm³/mol. The van der Waals surface area contributed by atoms with Gasteiger partial charge in [-0.05, 0) is 12.1 Å². The molecular weight excluding hydrogens is 216 g/mol. The van der Waals surface area contributed by atoms with E-state index in [4.69, 9.17) is 0 Å². The normalized spacial score (nSPS) is 11.2. The maximum Gasteiger partial charge on any atom is 0.419 e. The van der Waals surface area contributed by atoms with Crippen LogP contribution in [0.1, 0.15) is 26.3 Å². The highest BCUT2D eigenvalue weighted by atomic mass is 19.4. The number of halogens is 4. The zero-order valence-electron chi connectivity index (χ0n) is 7.14. The van der Waals surface area contributed by atoms with Gasteiger partial charge in [0.2, 0.25) is 0 Å². The van der Waals surface area contributed by atoms with Crippen LogP contribution in [-0.4, -0.2) is 12.6 Å². The highest BCUT2D eigenvalue weighted by Crippen LogP contribution is 2.32. The molecule has 0 spiro atoms. The molecule has 80 valence electrons. The molecule has 0 N–H and O–H groups in total. The molecule has 2 nitrogen and oxygen atoms in total. The van der Waals surface area contributed by atoms with Crippen molar-refractivity contribution in [2.24, 2.45) is 0 Å². The van der Waals surface area contributed by atoms with Gasteiger partial charge < -0.3 is 0 Å². The topological polar surface area (TPSA) is 34.1 Å². The highest BCUT2D eigenvalue weighted by molar-refractivity contribution is 5.83. The predicted octanol–water partition coefficient (Wildman–Crippen LogP) is 2.47. The van der Waals surface area contributed by atoms with E-state index in [2.05, 4.69) is 0 Å². The Kier molecular flexibility index (Phi) is 2.88. The number of rotatable bonds is 2. The van der Waals surface area contributed by atoms with Gasteiger partial charge in [0.15, 0.2) is 6.29 Å². The molecule has 0 unspecified atom stereocenters. The number of carbonyl (C=O) groups is 2. The Labute approximate surface area is 81.5 Å². The van der Waals surface area contributed by atoms with E-state index in [1.54, 1.807) is 0 Å². The Morgan fingerprint density at radius 2 is 1.67 bits per heavy atom. The number of alkyl halides is 3. The first-order chi connectivity index (χ1) is 6.90. The molecule has 0 aliphatic carbocycles. The fraction of sp³-hybridized carbons (Fsp3) is 0.111. The van der Waals surface area contributed by atoms with Crippen LogP contribution in [0.15, 0.2) is 12.1 Å². The van der Waals surface area contributed by atoms with Crippen LogP contribution in [0.2, 0.25) is 0 Å². The van der Waals surface area contributed by atoms with Crippen molar-refractivity contribution >= 4 is 12.6 Å². The molecule has 0 aromatic heterocycles. The third kappa shape index (κ3) is 2.20. The maximum atomic E-state index is 13.0. The molecule has 1 rings (SSSR count). The number of hydrogen-bond acceptors (Lipinski definition) is 2. The van der Waals surface area contributed by atoms with Crippen LogP contribution < -0.4 is 0 Å². The van der Waals surface area contributed by atoms with Crippen molar-refractivity contribution in [1.29, 1.82) is 0 Å². The summed E-state index contributed by atoms with van der Waals surface area (Å²) in [5.74, 6) is -1.66.